The Morgan fingerprint density at radius 1 is 1.38 bits per heavy atom. The summed E-state index contributed by atoms with van der Waals surface area (Å²) in [5, 5.41) is 15.6. The van der Waals surface area contributed by atoms with Gasteiger partial charge in [-0.1, -0.05) is 11.6 Å². The maximum absolute atomic E-state index is 13.0. The Bertz CT molecular complexity index is 846. The lowest BCUT2D eigenvalue weighted by Gasteiger charge is -2.22. The summed E-state index contributed by atoms with van der Waals surface area (Å²) in [6, 6.07) is 0.501. The van der Waals surface area contributed by atoms with Gasteiger partial charge in [0.25, 0.3) is 12.3 Å². The molecule has 2 aromatic rings. The minimum atomic E-state index is -2.94. The molecule has 0 spiro atoms. The first-order valence-electron chi connectivity index (χ1n) is 7.28. The molecule has 2 N–H and O–H groups in total. The van der Waals surface area contributed by atoms with Crippen molar-refractivity contribution in [2.24, 2.45) is 7.05 Å². The SMILES string of the molecule is CC(NC(=O)c1cn(C)nc1C(F)F)C(C(=O)O)c1ncc(Br)cc1Cl. The number of carboxylic acids is 1. The largest absolute Gasteiger partial charge is 0.481 e. The number of halogens is 4. The molecule has 0 saturated heterocycles. The highest BCUT2D eigenvalue weighted by molar-refractivity contribution is 9.10. The van der Waals surface area contributed by atoms with E-state index in [4.69, 9.17) is 11.6 Å². The average molecular weight is 452 g/mol. The van der Waals surface area contributed by atoms with Crippen LogP contribution in [0.25, 0.3) is 0 Å². The number of nitrogens with zero attached hydrogens (tertiary/aromatic N) is 3. The molecule has 2 unspecified atom stereocenters. The monoisotopic (exact) mass is 450 g/mol. The zero-order valence-corrected chi connectivity index (χ0v) is 15.9. The van der Waals surface area contributed by atoms with Crippen molar-refractivity contribution >= 4 is 39.4 Å². The highest BCUT2D eigenvalue weighted by atomic mass is 79.9. The summed E-state index contributed by atoms with van der Waals surface area (Å²) in [7, 11) is 1.40. The number of carboxylic acid groups (broad SMARTS) is 1. The maximum Gasteiger partial charge on any atom is 0.314 e. The van der Waals surface area contributed by atoms with E-state index < -0.39 is 36.0 Å². The van der Waals surface area contributed by atoms with Crippen molar-refractivity contribution in [2.75, 3.05) is 0 Å². The average Bonchev–Trinajstić information content (AvgIpc) is 2.92. The van der Waals surface area contributed by atoms with Crippen molar-refractivity contribution in [1.29, 1.82) is 0 Å². The number of hydrogen-bond acceptors (Lipinski definition) is 4. The van der Waals surface area contributed by atoms with Gasteiger partial charge in [0.2, 0.25) is 0 Å². The Balaban J connectivity index is 2.29. The van der Waals surface area contributed by atoms with E-state index in [1.807, 2.05) is 0 Å². The Morgan fingerprint density at radius 3 is 2.58 bits per heavy atom. The third-order valence-electron chi connectivity index (χ3n) is 3.56. The summed E-state index contributed by atoms with van der Waals surface area (Å²) >= 11 is 9.22. The van der Waals surface area contributed by atoms with Crippen LogP contribution >= 0.6 is 27.5 Å². The Labute approximate surface area is 160 Å². The van der Waals surface area contributed by atoms with Gasteiger partial charge in [0.05, 0.1) is 16.3 Å². The molecule has 11 heteroatoms. The first-order chi connectivity index (χ1) is 12.1. The molecule has 1 amide bonds. The van der Waals surface area contributed by atoms with Gasteiger partial charge in [-0.2, -0.15) is 5.10 Å². The molecule has 0 saturated carbocycles. The fraction of sp³-hybridized carbons (Fsp3) is 0.333. The predicted molar refractivity (Wildman–Crippen MR) is 92.4 cm³/mol. The van der Waals surface area contributed by atoms with E-state index in [0.29, 0.717) is 4.47 Å². The molecule has 140 valence electrons. The second-order valence-electron chi connectivity index (χ2n) is 5.50. The molecule has 2 atom stereocenters. The molecule has 0 bridgehead atoms. The predicted octanol–water partition coefficient (Wildman–Crippen LogP) is 3.16. The van der Waals surface area contributed by atoms with Crippen LogP contribution in [0.15, 0.2) is 22.9 Å². The normalized spacial score (nSPS) is 13.5. The smallest absolute Gasteiger partial charge is 0.314 e. The fourth-order valence-electron chi connectivity index (χ4n) is 2.43. The van der Waals surface area contributed by atoms with Crippen LogP contribution in [0.2, 0.25) is 5.02 Å². The third kappa shape index (κ3) is 4.36. The second-order valence-corrected chi connectivity index (χ2v) is 6.82. The topological polar surface area (TPSA) is 97.1 Å². The number of aromatic nitrogens is 3. The molecular formula is C15H14BrClF2N4O3. The number of nitrogens with one attached hydrogen (secondary N) is 1. The van der Waals surface area contributed by atoms with Crippen molar-refractivity contribution < 1.29 is 23.5 Å². The van der Waals surface area contributed by atoms with E-state index in [1.165, 1.54) is 26.2 Å². The van der Waals surface area contributed by atoms with Crippen LogP contribution < -0.4 is 5.32 Å². The van der Waals surface area contributed by atoms with Gasteiger partial charge in [-0.3, -0.25) is 19.3 Å². The molecule has 7 nitrogen and oxygen atoms in total. The van der Waals surface area contributed by atoms with Gasteiger partial charge in [0, 0.05) is 30.0 Å². The zero-order chi connectivity index (χ0) is 19.6. The number of aryl methyl sites for hydroxylation is 1. The first kappa shape index (κ1) is 20.2. The van der Waals surface area contributed by atoms with Gasteiger partial charge in [0.15, 0.2) is 0 Å². The van der Waals surface area contributed by atoms with Gasteiger partial charge >= 0.3 is 5.97 Å². The minimum absolute atomic E-state index is 0.0513. The second kappa shape index (κ2) is 8.09. The summed E-state index contributed by atoms with van der Waals surface area (Å²) < 4.78 is 27.6. The Hall–Kier alpha value is -2.07. The Morgan fingerprint density at radius 2 is 2.04 bits per heavy atom. The molecule has 0 aliphatic carbocycles. The lowest BCUT2D eigenvalue weighted by atomic mass is 9.96. The van der Waals surface area contributed by atoms with Crippen LogP contribution in [0, 0.1) is 0 Å². The van der Waals surface area contributed by atoms with Crippen LogP contribution in [-0.4, -0.2) is 37.8 Å². The molecule has 0 aromatic carbocycles. The lowest BCUT2D eigenvalue weighted by molar-refractivity contribution is -0.139. The van der Waals surface area contributed by atoms with Crippen molar-refractivity contribution in [2.45, 2.75) is 25.3 Å². The van der Waals surface area contributed by atoms with Gasteiger partial charge in [-0.05, 0) is 28.9 Å². The molecule has 0 fully saturated rings. The fourth-order valence-corrected chi connectivity index (χ4v) is 3.18. The van der Waals surface area contributed by atoms with Gasteiger partial charge in [-0.15, -0.1) is 0 Å². The van der Waals surface area contributed by atoms with Gasteiger partial charge in [0.1, 0.15) is 11.6 Å². The van der Waals surface area contributed by atoms with E-state index >= 15 is 0 Å². The molecule has 2 rings (SSSR count). The van der Waals surface area contributed by atoms with E-state index in [1.54, 1.807) is 0 Å². The molecule has 2 heterocycles. The van der Waals surface area contributed by atoms with Crippen molar-refractivity contribution in [1.82, 2.24) is 20.1 Å². The summed E-state index contributed by atoms with van der Waals surface area (Å²) in [6.45, 7) is 1.43. The molecule has 0 radical (unpaired) electrons. The van der Waals surface area contributed by atoms with Crippen LogP contribution in [-0.2, 0) is 11.8 Å². The number of hydrogen-bond donors (Lipinski definition) is 2. The van der Waals surface area contributed by atoms with E-state index in [9.17, 15) is 23.5 Å². The van der Waals surface area contributed by atoms with Crippen molar-refractivity contribution in [3.05, 3.63) is 44.9 Å². The minimum Gasteiger partial charge on any atom is -0.481 e. The van der Waals surface area contributed by atoms with Crippen LogP contribution in [0.4, 0.5) is 8.78 Å². The summed E-state index contributed by atoms with van der Waals surface area (Å²) in [6.07, 6.45) is -0.420. The number of amides is 1. The van der Waals surface area contributed by atoms with Crippen LogP contribution in [0.1, 0.15) is 41.0 Å². The maximum atomic E-state index is 13.0. The molecular weight excluding hydrogens is 438 g/mol. The molecule has 26 heavy (non-hydrogen) atoms. The van der Waals surface area contributed by atoms with Gasteiger partial charge < -0.3 is 10.4 Å². The summed E-state index contributed by atoms with van der Waals surface area (Å²) in [5.74, 6) is -3.40. The van der Waals surface area contributed by atoms with Crippen LogP contribution in [0.5, 0.6) is 0 Å². The zero-order valence-electron chi connectivity index (χ0n) is 13.6. The number of aliphatic carboxylic acids is 1. The number of alkyl halides is 2. The standard InChI is InChI=1S/C15H14BrClF2N4O3/c1-6(10(15(25)26)12-9(17)3-7(16)4-20-12)21-14(24)8-5-23(2)22-11(8)13(18)19/h3-6,10,13H,1-2H3,(H,21,24)(H,25,26). The lowest BCUT2D eigenvalue weighted by Crippen LogP contribution is -2.40. The molecule has 2 aromatic heterocycles. The molecule has 0 aliphatic heterocycles. The first-order valence-corrected chi connectivity index (χ1v) is 8.45. The summed E-state index contributed by atoms with van der Waals surface area (Å²) in [4.78, 5) is 28.0. The number of carbonyl (C=O) groups excluding carboxylic acids is 1. The van der Waals surface area contributed by atoms with E-state index in [2.05, 4.69) is 31.3 Å². The third-order valence-corrected chi connectivity index (χ3v) is 4.30. The summed E-state index contributed by atoms with van der Waals surface area (Å²) in [5.41, 5.74) is -0.951. The highest BCUT2D eigenvalue weighted by Gasteiger charge is 2.32. The van der Waals surface area contributed by atoms with Gasteiger partial charge in [-0.25, -0.2) is 8.78 Å². The number of rotatable bonds is 6. The number of carbonyl (C=O) groups is 2. The number of pyridine rings is 1. The Kier molecular flexibility index (Phi) is 6.30. The quantitative estimate of drug-likeness (QED) is 0.703. The highest BCUT2D eigenvalue weighted by Crippen LogP contribution is 2.28. The van der Waals surface area contributed by atoms with Crippen molar-refractivity contribution in [3.63, 3.8) is 0 Å². The van der Waals surface area contributed by atoms with Crippen molar-refractivity contribution in [3.8, 4) is 0 Å². The van der Waals surface area contributed by atoms with Crippen LogP contribution in [0.3, 0.4) is 0 Å². The molecule has 0 aliphatic rings. The van der Waals surface area contributed by atoms with E-state index in [-0.39, 0.29) is 16.3 Å². The van der Waals surface area contributed by atoms with E-state index in [0.717, 1.165) is 10.9 Å².